The third-order valence-corrected chi connectivity index (χ3v) is 4.62. The third-order valence-electron chi connectivity index (χ3n) is 2.10. The van der Waals surface area contributed by atoms with Gasteiger partial charge in [0.1, 0.15) is 10.7 Å². The van der Waals surface area contributed by atoms with Crippen molar-refractivity contribution in [2.75, 3.05) is 10.5 Å². The Morgan fingerprint density at radius 2 is 2.17 bits per heavy atom. The minimum absolute atomic E-state index is 0.00790. The van der Waals surface area contributed by atoms with E-state index in [1.807, 2.05) is 22.6 Å². The van der Waals surface area contributed by atoms with Gasteiger partial charge in [0.2, 0.25) is 0 Å². The molecule has 0 amide bonds. The molecule has 96 valence electrons. The van der Waals surface area contributed by atoms with E-state index in [1.54, 1.807) is 18.2 Å². The Morgan fingerprint density at radius 1 is 1.44 bits per heavy atom. The average Bonchev–Trinajstić information content (AvgIpc) is 2.69. The molecule has 0 aliphatic rings. The van der Waals surface area contributed by atoms with Crippen molar-refractivity contribution in [2.24, 2.45) is 0 Å². The molecular weight excluding hydrogens is 391 g/mol. The van der Waals surface area contributed by atoms with Crippen molar-refractivity contribution < 1.29 is 8.42 Å². The zero-order chi connectivity index (χ0) is 13.3. The van der Waals surface area contributed by atoms with Crippen LogP contribution in [0.1, 0.15) is 0 Å². The fraction of sp³-hybridized carbons (Fsp3) is 0. The lowest BCUT2D eigenvalue weighted by atomic mass is 10.3. The van der Waals surface area contributed by atoms with Crippen LogP contribution in [0, 0.1) is 3.57 Å². The number of halogens is 2. The van der Waals surface area contributed by atoms with Crippen LogP contribution in [0.2, 0.25) is 5.02 Å². The second kappa shape index (κ2) is 4.94. The molecule has 0 aliphatic heterocycles. The van der Waals surface area contributed by atoms with Crippen LogP contribution >= 0.6 is 34.2 Å². The number of nitrogens with one attached hydrogen (secondary N) is 2. The van der Waals surface area contributed by atoms with E-state index < -0.39 is 10.0 Å². The normalized spacial score (nSPS) is 11.4. The van der Waals surface area contributed by atoms with E-state index >= 15 is 0 Å². The second-order valence-corrected chi connectivity index (χ2v) is 6.63. The smallest absolute Gasteiger partial charge is 0.267 e. The number of sulfonamides is 1. The number of nitrogens with two attached hydrogens (primary N) is 1. The summed E-state index contributed by atoms with van der Waals surface area (Å²) in [5, 5.41) is 6.48. The van der Waals surface area contributed by atoms with Gasteiger partial charge in [-0.2, -0.15) is 5.10 Å². The van der Waals surface area contributed by atoms with Gasteiger partial charge in [-0.3, -0.25) is 9.82 Å². The van der Waals surface area contributed by atoms with Crippen LogP contribution in [0.3, 0.4) is 0 Å². The van der Waals surface area contributed by atoms with Gasteiger partial charge in [0, 0.05) is 8.59 Å². The van der Waals surface area contributed by atoms with E-state index in [1.165, 1.54) is 0 Å². The SMILES string of the molecule is Nc1[nH]ncc1S(=O)(=O)Nc1ccc(Cl)cc1I. The Hall–Kier alpha value is -1.000. The predicted molar refractivity (Wildman–Crippen MR) is 78.0 cm³/mol. The Labute approximate surface area is 122 Å². The molecule has 18 heavy (non-hydrogen) atoms. The van der Waals surface area contributed by atoms with Gasteiger partial charge in [0.05, 0.1) is 11.9 Å². The number of nitrogens with zero attached hydrogens (tertiary/aromatic N) is 1. The largest absolute Gasteiger partial charge is 0.383 e. The Morgan fingerprint density at radius 3 is 2.72 bits per heavy atom. The summed E-state index contributed by atoms with van der Waals surface area (Å²) >= 11 is 7.78. The lowest BCUT2D eigenvalue weighted by molar-refractivity contribution is 0.601. The second-order valence-electron chi connectivity index (χ2n) is 3.38. The molecule has 0 bridgehead atoms. The molecule has 1 aromatic carbocycles. The first-order valence-corrected chi connectivity index (χ1v) is 7.61. The maximum Gasteiger partial charge on any atom is 0.267 e. The number of rotatable bonds is 3. The van der Waals surface area contributed by atoms with Crippen molar-refractivity contribution in [1.82, 2.24) is 10.2 Å². The van der Waals surface area contributed by atoms with Crippen LogP contribution in [0.4, 0.5) is 11.5 Å². The number of anilines is 2. The topological polar surface area (TPSA) is 101 Å². The standard InChI is InChI=1S/C9H8ClIN4O2S/c10-5-1-2-7(6(11)3-5)15-18(16,17)8-4-13-14-9(8)12/h1-4,15H,(H3,12,13,14). The van der Waals surface area contributed by atoms with Crippen LogP contribution in [0.5, 0.6) is 0 Å². The first kappa shape index (κ1) is 13.4. The van der Waals surface area contributed by atoms with Gasteiger partial charge < -0.3 is 5.73 Å². The van der Waals surface area contributed by atoms with Crippen molar-refractivity contribution in [2.45, 2.75) is 4.90 Å². The van der Waals surface area contributed by atoms with Crippen LogP contribution in [0.25, 0.3) is 0 Å². The maximum atomic E-state index is 12.0. The molecule has 0 atom stereocenters. The van der Waals surface area contributed by atoms with E-state index in [4.69, 9.17) is 17.3 Å². The highest BCUT2D eigenvalue weighted by Crippen LogP contribution is 2.25. The highest BCUT2D eigenvalue weighted by atomic mass is 127. The predicted octanol–water partition coefficient (Wildman–Crippen LogP) is 2.05. The monoisotopic (exact) mass is 398 g/mol. The fourth-order valence-corrected chi connectivity index (χ4v) is 3.56. The van der Waals surface area contributed by atoms with Crippen LogP contribution in [-0.4, -0.2) is 18.6 Å². The minimum atomic E-state index is -3.75. The molecule has 0 spiro atoms. The van der Waals surface area contributed by atoms with Gasteiger partial charge in [-0.05, 0) is 40.8 Å². The van der Waals surface area contributed by atoms with E-state index in [-0.39, 0.29) is 10.7 Å². The highest BCUT2D eigenvalue weighted by molar-refractivity contribution is 14.1. The summed E-state index contributed by atoms with van der Waals surface area (Å²) in [4.78, 5) is -0.0896. The molecule has 6 nitrogen and oxygen atoms in total. The lowest BCUT2D eigenvalue weighted by Gasteiger charge is -2.09. The van der Waals surface area contributed by atoms with Gasteiger partial charge in [0.15, 0.2) is 0 Å². The molecule has 0 unspecified atom stereocenters. The Balaban J connectivity index is 2.37. The minimum Gasteiger partial charge on any atom is -0.383 e. The number of hydrogen-bond donors (Lipinski definition) is 3. The lowest BCUT2D eigenvalue weighted by Crippen LogP contribution is -2.14. The summed E-state index contributed by atoms with van der Waals surface area (Å²) in [6.07, 6.45) is 1.15. The van der Waals surface area contributed by atoms with Crippen molar-refractivity contribution in [3.8, 4) is 0 Å². The molecule has 1 aromatic heterocycles. The van der Waals surface area contributed by atoms with Crippen LogP contribution in [-0.2, 0) is 10.0 Å². The average molecular weight is 399 g/mol. The van der Waals surface area contributed by atoms with Crippen molar-refractivity contribution in [3.05, 3.63) is 33.0 Å². The molecule has 0 saturated carbocycles. The summed E-state index contributed by atoms with van der Waals surface area (Å²) in [5.74, 6) is -0.00790. The molecule has 0 radical (unpaired) electrons. The number of aromatic amines is 1. The number of H-pyrrole nitrogens is 1. The van der Waals surface area contributed by atoms with Crippen molar-refractivity contribution >= 4 is 55.7 Å². The molecule has 1 heterocycles. The quantitative estimate of drug-likeness (QED) is 0.689. The van der Waals surface area contributed by atoms with Gasteiger partial charge >= 0.3 is 0 Å². The van der Waals surface area contributed by atoms with Gasteiger partial charge in [-0.15, -0.1) is 0 Å². The fourth-order valence-electron chi connectivity index (χ4n) is 1.27. The van der Waals surface area contributed by atoms with Crippen LogP contribution < -0.4 is 10.5 Å². The summed E-state index contributed by atoms with van der Waals surface area (Å²) in [5.41, 5.74) is 5.91. The molecular formula is C9H8ClIN4O2S. The zero-order valence-corrected chi connectivity index (χ0v) is 12.5. The number of hydrogen-bond acceptors (Lipinski definition) is 4. The van der Waals surface area contributed by atoms with Crippen LogP contribution in [0.15, 0.2) is 29.3 Å². The van der Waals surface area contributed by atoms with Gasteiger partial charge in [-0.1, -0.05) is 11.6 Å². The maximum absolute atomic E-state index is 12.0. The number of benzene rings is 1. The Bertz CT molecular complexity index is 686. The summed E-state index contributed by atoms with van der Waals surface area (Å²) < 4.78 is 27.2. The molecule has 0 fully saturated rings. The summed E-state index contributed by atoms with van der Waals surface area (Å²) in [7, 11) is -3.75. The highest BCUT2D eigenvalue weighted by Gasteiger charge is 2.20. The summed E-state index contributed by atoms with van der Waals surface area (Å²) in [6.45, 7) is 0. The first-order chi connectivity index (χ1) is 8.40. The van der Waals surface area contributed by atoms with Crippen molar-refractivity contribution in [3.63, 3.8) is 0 Å². The molecule has 4 N–H and O–H groups in total. The molecule has 2 rings (SSSR count). The van der Waals surface area contributed by atoms with Gasteiger partial charge in [-0.25, -0.2) is 8.42 Å². The van der Waals surface area contributed by atoms with Gasteiger partial charge in [0.25, 0.3) is 10.0 Å². The molecule has 0 aliphatic carbocycles. The third kappa shape index (κ3) is 2.70. The van der Waals surface area contributed by atoms with E-state index in [2.05, 4.69) is 14.9 Å². The zero-order valence-electron chi connectivity index (χ0n) is 8.81. The van der Waals surface area contributed by atoms with Crippen molar-refractivity contribution in [1.29, 1.82) is 0 Å². The van der Waals surface area contributed by atoms with E-state index in [0.29, 0.717) is 14.3 Å². The first-order valence-electron chi connectivity index (χ1n) is 4.67. The molecule has 0 saturated heterocycles. The summed E-state index contributed by atoms with van der Waals surface area (Å²) in [6, 6.07) is 4.83. The number of aromatic nitrogens is 2. The Kier molecular flexibility index (Phi) is 3.69. The van der Waals surface area contributed by atoms with E-state index in [0.717, 1.165) is 6.20 Å². The van der Waals surface area contributed by atoms with E-state index in [9.17, 15) is 8.42 Å². The molecule has 2 aromatic rings. The molecule has 9 heteroatoms. The number of nitrogen functional groups attached to an aromatic ring is 1.